The average Bonchev–Trinajstić information content (AvgIpc) is 3.11. The van der Waals surface area contributed by atoms with Crippen LogP contribution in [0.1, 0.15) is 17.5 Å². The summed E-state index contributed by atoms with van der Waals surface area (Å²) in [5.41, 5.74) is 4.09. The number of sulfonamides is 1. The SMILES string of the molecule is COc1ccc(C)cc1S(=O)(=O)N1CC=C(c2c[nH]c3ccc(Cl)cc23)CC1. The minimum absolute atomic E-state index is 0.214. The minimum atomic E-state index is -3.63. The summed E-state index contributed by atoms with van der Waals surface area (Å²) in [6, 6.07) is 10.9. The lowest BCUT2D eigenvalue weighted by molar-refractivity contribution is 0.395. The molecule has 146 valence electrons. The highest BCUT2D eigenvalue weighted by Crippen LogP contribution is 2.34. The number of aryl methyl sites for hydroxylation is 1. The number of nitrogens with zero attached hydrogens (tertiary/aromatic N) is 1. The number of benzene rings is 2. The van der Waals surface area contributed by atoms with Crippen LogP contribution in [-0.4, -0.2) is 37.9 Å². The summed E-state index contributed by atoms with van der Waals surface area (Å²) < 4.78 is 33.1. The van der Waals surface area contributed by atoms with E-state index in [1.807, 2.05) is 43.5 Å². The maximum absolute atomic E-state index is 13.2. The van der Waals surface area contributed by atoms with Crippen LogP contribution in [0.3, 0.4) is 0 Å². The first kappa shape index (κ1) is 19.1. The number of aromatic nitrogens is 1. The maximum Gasteiger partial charge on any atom is 0.247 e. The van der Waals surface area contributed by atoms with E-state index in [0.717, 1.165) is 27.6 Å². The first-order valence-corrected chi connectivity index (χ1v) is 10.8. The van der Waals surface area contributed by atoms with Crippen LogP contribution in [0.2, 0.25) is 5.02 Å². The largest absolute Gasteiger partial charge is 0.495 e. The quantitative estimate of drug-likeness (QED) is 0.675. The molecule has 7 heteroatoms. The molecule has 5 nitrogen and oxygen atoms in total. The van der Waals surface area contributed by atoms with Gasteiger partial charge in [-0.05, 0) is 54.8 Å². The summed E-state index contributed by atoms with van der Waals surface area (Å²) in [7, 11) is -2.15. The normalized spacial score (nSPS) is 15.6. The molecule has 2 aromatic carbocycles. The van der Waals surface area contributed by atoms with Gasteiger partial charge < -0.3 is 9.72 Å². The van der Waals surface area contributed by atoms with Gasteiger partial charge in [-0.3, -0.25) is 0 Å². The Morgan fingerprint density at radius 2 is 2.00 bits per heavy atom. The van der Waals surface area contributed by atoms with Crippen LogP contribution < -0.4 is 4.74 Å². The number of halogens is 1. The number of hydrogen-bond donors (Lipinski definition) is 1. The van der Waals surface area contributed by atoms with E-state index >= 15 is 0 Å². The Morgan fingerprint density at radius 3 is 2.71 bits per heavy atom. The second kappa shape index (κ2) is 7.28. The molecule has 28 heavy (non-hydrogen) atoms. The van der Waals surface area contributed by atoms with E-state index in [4.69, 9.17) is 16.3 Å². The molecule has 1 aliphatic rings. The standard InChI is InChI=1S/C21H21ClN2O3S/c1-14-3-6-20(27-2)21(11-14)28(25,26)24-9-7-15(8-10-24)18-13-23-19-5-4-16(22)12-17(18)19/h3-7,11-13,23H,8-10H2,1-2H3. The van der Waals surface area contributed by atoms with Gasteiger partial charge in [-0.25, -0.2) is 8.42 Å². The molecular weight excluding hydrogens is 396 g/mol. The number of rotatable bonds is 4. The Hall–Kier alpha value is -2.28. The number of fused-ring (bicyclic) bond motifs is 1. The van der Waals surface area contributed by atoms with E-state index in [9.17, 15) is 8.42 Å². The number of H-pyrrole nitrogens is 1. The molecule has 3 aromatic rings. The highest BCUT2D eigenvalue weighted by atomic mass is 35.5. The molecule has 0 unspecified atom stereocenters. The monoisotopic (exact) mass is 416 g/mol. The number of methoxy groups -OCH3 is 1. The molecule has 4 rings (SSSR count). The van der Waals surface area contributed by atoms with Crippen LogP contribution in [-0.2, 0) is 10.0 Å². The number of aromatic amines is 1. The van der Waals surface area contributed by atoms with E-state index in [-0.39, 0.29) is 4.90 Å². The Bertz CT molecular complexity index is 1180. The zero-order valence-electron chi connectivity index (χ0n) is 15.7. The average molecular weight is 417 g/mol. The van der Waals surface area contributed by atoms with Crippen molar-refractivity contribution in [1.29, 1.82) is 0 Å². The van der Waals surface area contributed by atoms with Gasteiger partial charge in [-0.2, -0.15) is 4.31 Å². The predicted octanol–water partition coefficient (Wildman–Crippen LogP) is 4.62. The van der Waals surface area contributed by atoms with Crippen molar-refractivity contribution >= 4 is 38.1 Å². The second-order valence-corrected chi connectivity index (χ2v) is 9.23. The van der Waals surface area contributed by atoms with E-state index in [2.05, 4.69) is 4.98 Å². The van der Waals surface area contributed by atoms with E-state index in [0.29, 0.717) is 30.3 Å². The molecule has 0 fully saturated rings. The van der Waals surface area contributed by atoms with Crippen LogP contribution in [0.4, 0.5) is 0 Å². The van der Waals surface area contributed by atoms with Crippen molar-refractivity contribution in [2.45, 2.75) is 18.2 Å². The number of hydrogen-bond acceptors (Lipinski definition) is 3. The highest BCUT2D eigenvalue weighted by molar-refractivity contribution is 7.89. The molecule has 1 N–H and O–H groups in total. The molecule has 0 bridgehead atoms. The number of nitrogens with one attached hydrogen (secondary N) is 1. The van der Waals surface area contributed by atoms with Crippen LogP contribution in [0.15, 0.2) is 53.6 Å². The van der Waals surface area contributed by atoms with Gasteiger partial charge >= 0.3 is 0 Å². The summed E-state index contributed by atoms with van der Waals surface area (Å²) in [4.78, 5) is 3.47. The lowest BCUT2D eigenvalue weighted by Crippen LogP contribution is -2.34. The van der Waals surface area contributed by atoms with Gasteiger partial charge in [-0.1, -0.05) is 23.7 Å². The molecule has 0 saturated carbocycles. The van der Waals surface area contributed by atoms with E-state index in [1.54, 1.807) is 12.1 Å². The maximum atomic E-state index is 13.2. The summed E-state index contributed by atoms with van der Waals surface area (Å²) in [6.07, 6.45) is 4.57. The lowest BCUT2D eigenvalue weighted by Gasteiger charge is -2.26. The molecule has 0 amide bonds. The van der Waals surface area contributed by atoms with Crippen molar-refractivity contribution < 1.29 is 13.2 Å². The Morgan fingerprint density at radius 1 is 1.18 bits per heavy atom. The summed E-state index contributed by atoms with van der Waals surface area (Å²) in [5, 5.41) is 1.73. The Balaban J connectivity index is 1.65. The van der Waals surface area contributed by atoms with Crippen LogP contribution in [0, 0.1) is 6.92 Å². The van der Waals surface area contributed by atoms with Crippen molar-refractivity contribution in [2.24, 2.45) is 0 Å². The molecule has 2 heterocycles. The topological polar surface area (TPSA) is 62.4 Å². The Labute approximate surface area is 169 Å². The third-order valence-corrected chi connectivity index (χ3v) is 7.22. The number of ether oxygens (including phenoxy) is 1. The Kier molecular flexibility index (Phi) is 4.95. The van der Waals surface area contributed by atoms with Gasteiger partial charge in [0.2, 0.25) is 10.0 Å². The van der Waals surface area contributed by atoms with Crippen LogP contribution >= 0.6 is 11.6 Å². The van der Waals surface area contributed by atoms with E-state index < -0.39 is 10.0 Å². The molecule has 0 spiro atoms. The van der Waals surface area contributed by atoms with Gasteiger partial charge in [0.1, 0.15) is 10.6 Å². The second-order valence-electron chi connectivity index (χ2n) is 6.89. The van der Waals surface area contributed by atoms with Crippen molar-refractivity contribution in [3.05, 3.63) is 64.8 Å². The lowest BCUT2D eigenvalue weighted by atomic mass is 10.00. The summed E-state index contributed by atoms with van der Waals surface area (Å²) in [6.45, 7) is 2.61. The van der Waals surface area contributed by atoms with E-state index in [1.165, 1.54) is 11.4 Å². The van der Waals surface area contributed by atoms with Gasteiger partial charge in [0.05, 0.1) is 7.11 Å². The van der Waals surface area contributed by atoms with Gasteiger partial charge in [0, 0.05) is 40.8 Å². The minimum Gasteiger partial charge on any atom is -0.495 e. The highest BCUT2D eigenvalue weighted by Gasteiger charge is 2.29. The van der Waals surface area contributed by atoms with Crippen LogP contribution in [0.25, 0.3) is 16.5 Å². The zero-order valence-corrected chi connectivity index (χ0v) is 17.3. The third kappa shape index (κ3) is 3.32. The van der Waals surface area contributed by atoms with Crippen molar-refractivity contribution in [3.63, 3.8) is 0 Å². The third-order valence-electron chi connectivity index (χ3n) is 5.10. The fourth-order valence-corrected chi connectivity index (χ4v) is 5.39. The summed E-state index contributed by atoms with van der Waals surface area (Å²) >= 11 is 6.15. The molecule has 0 atom stereocenters. The van der Waals surface area contributed by atoms with Gasteiger partial charge in [-0.15, -0.1) is 0 Å². The molecule has 1 aromatic heterocycles. The van der Waals surface area contributed by atoms with Gasteiger partial charge in [0.25, 0.3) is 0 Å². The smallest absolute Gasteiger partial charge is 0.247 e. The summed E-state index contributed by atoms with van der Waals surface area (Å²) in [5.74, 6) is 0.367. The fraction of sp³-hybridized carbons (Fsp3) is 0.238. The molecule has 0 radical (unpaired) electrons. The molecule has 0 aliphatic carbocycles. The van der Waals surface area contributed by atoms with Crippen molar-refractivity contribution in [3.8, 4) is 5.75 Å². The molecule has 0 saturated heterocycles. The first-order valence-electron chi connectivity index (χ1n) is 9.01. The van der Waals surface area contributed by atoms with Gasteiger partial charge in [0.15, 0.2) is 0 Å². The predicted molar refractivity (Wildman–Crippen MR) is 112 cm³/mol. The van der Waals surface area contributed by atoms with Crippen LogP contribution in [0.5, 0.6) is 5.75 Å². The first-order chi connectivity index (χ1) is 13.4. The molecular formula is C21H21ClN2O3S. The van der Waals surface area contributed by atoms with Crippen molar-refractivity contribution in [1.82, 2.24) is 9.29 Å². The van der Waals surface area contributed by atoms with Crippen molar-refractivity contribution in [2.75, 3.05) is 20.2 Å². The fourth-order valence-electron chi connectivity index (χ4n) is 3.60. The zero-order chi connectivity index (χ0) is 19.9. The molecule has 1 aliphatic heterocycles.